The molecule has 3 aromatic carbocycles. The van der Waals surface area contributed by atoms with E-state index in [1.807, 2.05) is 20.8 Å². The maximum Gasteiger partial charge on any atom is 0.264 e. The third-order valence-corrected chi connectivity index (χ3v) is 8.29. The van der Waals surface area contributed by atoms with Gasteiger partial charge in [-0.1, -0.05) is 23.7 Å². The van der Waals surface area contributed by atoms with Crippen molar-refractivity contribution in [3.63, 3.8) is 0 Å². The molecule has 0 aromatic heterocycles. The molecule has 2 amide bonds. The van der Waals surface area contributed by atoms with Crippen LogP contribution < -0.4 is 19.1 Å². The van der Waals surface area contributed by atoms with Crippen molar-refractivity contribution in [3.8, 4) is 11.5 Å². The number of carbonyl (C=O) groups is 2. The molecule has 0 fully saturated rings. The van der Waals surface area contributed by atoms with E-state index in [0.29, 0.717) is 16.3 Å². The van der Waals surface area contributed by atoms with Gasteiger partial charge in [0.05, 0.1) is 24.8 Å². The molecular weight excluding hydrogens is 585 g/mol. The summed E-state index contributed by atoms with van der Waals surface area (Å²) in [7, 11) is -1.54. The number of hydrogen-bond acceptors (Lipinski definition) is 6. The van der Waals surface area contributed by atoms with Crippen LogP contribution in [0.15, 0.2) is 71.6 Å². The Bertz CT molecular complexity index is 1510. The number of carbonyl (C=O) groups excluding carboxylic acids is 2. The van der Waals surface area contributed by atoms with Crippen molar-refractivity contribution in [3.05, 3.63) is 83.1 Å². The van der Waals surface area contributed by atoms with Gasteiger partial charge in [-0.15, -0.1) is 0 Å². The molecular formula is C30H35ClFN3O6S. The molecule has 0 saturated heterocycles. The smallest absolute Gasteiger partial charge is 0.264 e. The first-order valence-corrected chi connectivity index (χ1v) is 14.8. The van der Waals surface area contributed by atoms with Crippen LogP contribution in [-0.4, -0.2) is 57.5 Å². The summed E-state index contributed by atoms with van der Waals surface area (Å²) in [6.45, 7) is 6.26. The van der Waals surface area contributed by atoms with Crippen LogP contribution in [0.5, 0.6) is 11.5 Å². The first-order chi connectivity index (χ1) is 19.7. The van der Waals surface area contributed by atoms with Crippen molar-refractivity contribution >= 4 is 39.1 Å². The molecule has 42 heavy (non-hydrogen) atoms. The Hall–Kier alpha value is -3.83. The molecule has 0 heterocycles. The molecule has 0 bridgehead atoms. The number of halogens is 2. The lowest BCUT2D eigenvalue weighted by Gasteiger charge is -2.33. The van der Waals surface area contributed by atoms with E-state index >= 15 is 0 Å². The molecule has 0 aliphatic carbocycles. The number of methoxy groups -OCH3 is 2. The summed E-state index contributed by atoms with van der Waals surface area (Å²) in [5, 5.41) is 3.23. The highest BCUT2D eigenvalue weighted by molar-refractivity contribution is 7.92. The van der Waals surface area contributed by atoms with E-state index < -0.39 is 45.8 Å². The zero-order valence-electron chi connectivity index (χ0n) is 24.4. The maximum absolute atomic E-state index is 14.0. The lowest BCUT2D eigenvalue weighted by Crippen LogP contribution is -2.54. The minimum absolute atomic E-state index is 0.0668. The van der Waals surface area contributed by atoms with Crippen LogP contribution in [0.1, 0.15) is 33.3 Å². The number of anilines is 1. The average molecular weight is 620 g/mol. The van der Waals surface area contributed by atoms with Crippen molar-refractivity contribution in [2.24, 2.45) is 0 Å². The highest BCUT2D eigenvalue weighted by Crippen LogP contribution is 2.32. The third kappa shape index (κ3) is 8.13. The van der Waals surface area contributed by atoms with E-state index in [0.717, 1.165) is 4.31 Å². The van der Waals surface area contributed by atoms with E-state index in [4.69, 9.17) is 21.1 Å². The van der Waals surface area contributed by atoms with Crippen LogP contribution in [0.4, 0.5) is 10.1 Å². The lowest BCUT2D eigenvalue weighted by molar-refractivity contribution is -0.140. The zero-order chi connectivity index (χ0) is 31.2. The first-order valence-electron chi connectivity index (χ1n) is 13.0. The van der Waals surface area contributed by atoms with Gasteiger partial charge in [0.2, 0.25) is 11.8 Å². The number of rotatable bonds is 11. The van der Waals surface area contributed by atoms with Crippen LogP contribution >= 0.6 is 11.6 Å². The fourth-order valence-corrected chi connectivity index (χ4v) is 5.64. The normalized spacial score (nSPS) is 12.3. The second kappa shape index (κ2) is 13.4. The number of nitrogens with zero attached hydrogens (tertiary/aromatic N) is 2. The minimum Gasteiger partial charge on any atom is -0.493 e. The molecule has 0 aliphatic rings. The Morgan fingerprint density at radius 3 is 2.10 bits per heavy atom. The maximum atomic E-state index is 14.0. The molecule has 1 atom stereocenters. The Labute approximate surface area is 251 Å². The number of benzene rings is 3. The van der Waals surface area contributed by atoms with E-state index in [1.165, 1.54) is 85.8 Å². The minimum atomic E-state index is -4.35. The van der Waals surface area contributed by atoms with Crippen molar-refractivity contribution in [1.29, 1.82) is 0 Å². The molecule has 9 nitrogen and oxygen atoms in total. The van der Waals surface area contributed by atoms with Gasteiger partial charge in [0.1, 0.15) is 18.4 Å². The zero-order valence-corrected chi connectivity index (χ0v) is 25.9. The number of sulfonamides is 1. The van der Waals surface area contributed by atoms with Gasteiger partial charge >= 0.3 is 0 Å². The second-order valence-electron chi connectivity index (χ2n) is 10.6. The van der Waals surface area contributed by atoms with E-state index in [-0.39, 0.29) is 22.9 Å². The van der Waals surface area contributed by atoms with Crippen LogP contribution in [-0.2, 0) is 26.2 Å². The average Bonchev–Trinajstić information content (AvgIpc) is 2.94. The Balaban J connectivity index is 2.07. The Morgan fingerprint density at radius 2 is 1.55 bits per heavy atom. The summed E-state index contributed by atoms with van der Waals surface area (Å²) in [6.07, 6.45) is 0. The van der Waals surface area contributed by atoms with Gasteiger partial charge < -0.3 is 19.7 Å². The van der Waals surface area contributed by atoms with Crippen LogP contribution in [0, 0.1) is 5.82 Å². The topological polar surface area (TPSA) is 105 Å². The largest absolute Gasteiger partial charge is 0.493 e. The molecule has 0 aliphatic heterocycles. The number of nitrogens with one attached hydrogen (secondary N) is 1. The van der Waals surface area contributed by atoms with Crippen LogP contribution in [0.2, 0.25) is 5.02 Å². The molecule has 0 radical (unpaired) electrons. The monoisotopic (exact) mass is 619 g/mol. The Morgan fingerprint density at radius 1 is 0.952 bits per heavy atom. The van der Waals surface area contributed by atoms with Crippen molar-refractivity contribution < 1.29 is 31.9 Å². The molecule has 1 unspecified atom stereocenters. The number of amides is 2. The molecule has 12 heteroatoms. The van der Waals surface area contributed by atoms with Crippen LogP contribution in [0.3, 0.4) is 0 Å². The van der Waals surface area contributed by atoms with Gasteiger partial charge in [0.25, 0.3) is 10.0 Å². The quantitative estimate of drug-likeness (QED) is 0.323. The SMILES string of the molecule is COc1ccc(S(=O)(=O)N(CC(=O)N(Cc2ccc(F)cc2)C(C)C(=O)NC(C)(C)C)c2ccc(Cl)cc2)cc1OC. The number of hydrogen-bond donors (Lipinski definition) is 1. The van der Waals surface area contributed by atoms with Crippen LogP contribution in [0.25, 0.3) is 0 Å². The van der Waals surface area contributed by atoms with Gasteiger partial charge in [-0.05, 0) is 81.8 Å². The summed E-state index contributed by atoms with van der Waals surface area (Å²) >= 11 is 6.06. The predicted octanol–water partition coefficient (Wildman–Crippen LogP) is 5.02. The van der Waals surface area contributed by atoms with E-state index in [2.05, 4.69) is 5.32 Å². The molecule has 0 spiro atoms. The summed E-state index contributed by atoms with van der Waals surface area (Å²) in [5.74, 6) is -1.03. The lowest BCUT2D eigenvalue weighted by atomic mass is 10.1. The molecule has 1 N–H and O–H groups in total. The highest BCUT2D eigenvalue weighted by Gasteiger charge is 2.33. The highest BCUT2D eigenvalue weighted by atomic mass is 35.5. The fourth-order valence-electron chi connectivity index (χ4n) is 4.08. The molecule has 3 rings (SSSR count). The molecule has 0 saturated carbocycles. The summed E-state index contributed by atoms with van der Waals surface area (Å²) in [5.41, 5.74) is 0.152. The predicted molar refractivity (Wildman–Crippen MR) is 160 cm³/mol. The summed E-state index contributed by atoms with van der Waals surface area (Å²) in [6, 6.07) is 14.6. The fraction of sp³-hybridized carbons (Fsp3) is 0.333. The van der Waals surface area contributed by atoms with Gasteiger partial charge in [-0.3, -0.25) is 13.9 Å². The summed E-state index contributed by atoms with van der Waals surface area (Å²) < 4.78 is 53.1. The van der Waals surface area contributed by atoms with E-state index in [1.54, 1.807) is 6.92 Å². The van der Waals surface area contributed by atoms with Gasteiger partial charge in [-0.2, -0.15) is 0 Å². The molecule has 3 aromatic rings. The standard InChI is InChI=1S/C30H35ClFN3O6S/c1-20(29(37)33-30(2,3)4)34(18-21-7-11-23(32)12-8-21)28(36)19-35(24-13-9-22(31)10-14-24)42(38,39)25-15-16-26(40-5)27(17-25)41-6/h7-17,20H,18-19H2,1-6H3,(H,33,37). The van der Waals surface area contributed by atoms with E-state index in [9.17, 15) is 22.4 Å². The third-order valence-electron chi connectivity index (χ3n) is 6.27. The van der Waals surface area contributed by atoms with Gasteiger partial charge in [0.15, 0.2) is 11.5 Å². The first kappa shape index (κ1) is 32.7. The molecule has 226 valence electrons. The number of ether oxygens (including phenoxy) is 2. The van der Waals surface area contributed by atoms with Gasteiger partial charge in [0, 0.05) is 23.2 Å². The Kier molecular flexibility index (Phi) is 10.5. The van der Waals surface area contributed by atoms with Crippen molar-refractivity contribution in [2.45, 2.75) is 50.7 Å². The summed E-state index contributed by atoms with van der Waals surface area (Å²) in [4.78, 5) is 28.2. The van der Waals surface area contributed by atoms with Crippen molar-refractivity contribution in [2.75, 3.05) is 25.1 Å². The van der Waals surface area contributed by atoms with Crippen molar-refractivity contribution in [1.82, 2.24) is 10.2 Å². The van der Waals surface area contributed by atoms with Gasteiger partial charge in [-0.25, -0.2) is 12.8 Å². The second-order valence-corrected chi connectivity index (χ2v) is 12.9.